The predicted octanol–water partition coefficient (Wildman–Crippen LogP) is 5.22. The summed E-state index contributed by atoms with van der Waals surface area (Å²) in [4.78, 5) is 29.6. The Morgan fingerprint density at radius 3 is 2.72 bits per heavy atom. The van der Waals surface area contributed by atoms with E-state index < -0.39 is 5.41 Å². The number of carbonyl (C=O) groups is 2. The van der Waals surface area contributed by atoms with Gasteiger partial charge in [-0.25, -0.2) is 0 Å². The van der Waals surface area contributed by atoms with E-state index >= 15 is 0 Å². The summed E-state index contributed by atoms with van der Waals surface area (Å²) >= 11 is 1.72. The highest BCUT2D eigenvalue weighted by Crippen LogP contribution is 2.37. The van der Waals surface area contributed by atoms with Crippen molar-refractivity contribution >= 4 is 23.2 Å². The third kappa shape index (κ3) is 5.04. The van der Waals surface area contributed by atoms with E-state index in [0.29, 0.717) is 38.9 Å². The van der Waals surface area contributed by atoms with E-state index in [-0.39, 0.29) is 17.7 Å². The summed E-state index contributed by atoms with van der Waals surface area (Å²) in [6, 6.07) is 12.7. The molecule has 2 aromatic rings. The molecule has 1 atom stereocenters. The molecule has 1 N–H and O–H groups in total. The van der Waals surface area contributed by atoms with Crippen LogP contribution in [0.3, 0.4) is 0 Å². The van der Waals surface area contributed by atoms with Gasteiger partial charge in [-0.15, -0.1) is 17.9 Å². The largest absolute Gasteiger partial charge is 0.352 e. The molecule has 168 valence electrons. The van der Waals surface area contributed by atoms with Gasteiger partial charge in [0.1, 0.15) is 0 Å². The minimum atomic E-state index is -0.500. The number of nitrogens with zero attached hydrogens (tertiary/aromatic N) is 1. The molecule has 1 aromatic heterocycles. The first-order chi connectivity index (χ1) is 15.6. The number of thiophene rings is 1. The van der Waals surface area contributed by atoms with Gasteiger partial charge in [0.05, 0.1) is 5.41 Å². The van der Waals surface area contributed by atoms with E-state index in [0.717, 1.165) is 19.3 Å². The zero-order valence-electron chi connectivity index (χ0n) is 18.6. The smallest absolute Gasteiger partial charge is 0.226 e. The van der Waals surface area contributed by atoms with Gasteiger partial charge >= 0.3 is 0 Å². The highest BCUT2D eigenvalue weighted by Gasteiger charge is 2.42. The van der Waals surface area contributed by atoms with Gasteiger partial charge in [0.25, 0.3) is 0 Å². The first-order valence-electron chi connectivity index (χ1n) is 11.6. The minimum absolute atomic E-state index is 0.0756. The Labute approximate surface area is 195 Å². The van der Waals surface area contributed by atoms with Crippen molar-refractivity contribution in [3.63, 3.8) is 0 Å². The summed E-state index contributed by atoms with van der Waals surface area (Å²) in [6.45, 7) is 5.49. The summed E-state index contributed by atoms with van der Waals surface area (Å²) in [7, 11) is 0. The molecule has 0 spiro atoms. The van der Waals surface area contributed by atoms with Crippen molar-refractivity contribution in [3.05, 3.63) is 72.1 Å². The Morgan fingerprint density at radius 2 is 2.03 bits per heavy atom. The number of amides is 2. The average Bonchev–Trinajstić information content (AvgIpc) is 3.38. The van der Waals surface area contributed by atoms with Crippen molar-refractivity contribution in [1.29, 1.82) is 0 Å². The molecule has 0 radical (unpaired) electrons. The Morgan fingerprint density at radius 1 is 1.19 bits per heavy atom. The Kier molecular flexibility index (Phi) is 7.26. The topological polar surface area (TPSA) is 49.4 Å². The fourth-order valence-corrected chi connectivity index (χ4v) is 5.66. The van der Waals surface area contributed by atoms with Crippen LogP contribution in [0.1, 0.15) is 37.7 Å². The van der Waals surface area contributed by atoms with Crippen LogP contribution in [0.15, 0.2) is 66.6 Å². The highest BCUT2D eigenvalue weighted by atomic mass is 32.1. The number of rotatable bonds is 7. The van der Waals surface area contributed by atoms with Gasteiger partial charge in [0, 0.05) is 30.4 Å². The molecule has 1 fully saturated rings. The molecule has 1 aromatic carbocycles. The van der Waals surface area contributed by atoms with Crippen molar-refractivity contribution in [3.8, 4) is 10.4 Å². The summed E-state index contributed by atoms with van der Waals surface area (Å²) in [5.74, 6) is 0.435. The van der Waals surface area contributed by atoms with Gasteiger partial charge in [-0.2, -0.15) is 0 Å². The zero-order valence-corrected chi connectivity index (χ0v) is 19.4. The molecule has 0 saturated carbocycles. The lowest BCUT2D eigenvalue weighted by Gasteiger charge is -2.42. The number of hydrogen-bond donors (Lipinski definition) is 1. The average molecular weight is 449 g/mol. The maximum absolute atomic E-state index is 13.3. The van der Waals surface area contributed by atoms with Crippen LogP contribution in [0.4, 0.5) is 0 Å². The highest BCUT2D eigenvalue weighted by molar-refractivity contribution is 7.13. The third-order valence-electron chi connectivity index (χ3n) is 6.81. The predicted molar refractivity (Wildman–Crippen MR) is 131 cm³/mol. The SMILES string of the molecule is C=CCNC(=O)C1(Cc2cccc(-c3cccs3)c2)CCN(C(=O)[C@@H]2CC=CCC2)CC1. The number of likely N-dealkylation sites (tertiary alicyclic amines) is 1. The first kappa shape index (κ1) is 22.5. The van der Waals surface area contributed by atoms with Gasteiger partial charge in [-0.3, -0.25) is 9.59 Å². The molecule has 2 aliphatic rings. The minimum Gasteiger partial charge on any atom is -0.352 e. The Hall–Kier alpha value is -2.66. The second kappa shape index (κ2) is 10.3. The molecule has 2 heterocycles. The van der Waals surface area contributed by atoms with Crippen LogP contribution in [-0.2, 0) is 16.0 Å². The monoisotopic (exact) mass is 448 g/mol. The van der Waals surface area contributed by atoms with Crippen molar-refractivity contribution in [1.82, 2.24) is 10.2 Å². The second-order valence-electron chi connectivity index (χ2n) is 8.94. The number of piperidine rings is 1. The number of hydrogen-bond acceptors (Lipinski definition) is 3. The lowest BCUT2D eigenvalue weighted by Crippen LogP contribution is -2.52. The van der Waals surface area contributed by atoms with Crippen molar-refractivity contribution < 1.29 is 9.59 Å². The fraction of sp³-hybridized carbons (Fsp3) is 0.407. The van der Waals surface area contributed by atoms with Crippen molar-refractivity contribution in [2.45, 2.75) is 38.5 Å². The van der Waals surface area contributed by atoms with E-state index in [9.17, 15) is 9.59 Å². The number of allylic oxidation sites excluding steroid dienone is 2. The van der Waals surface area contributed by atoms with E-state index in [1.165, 1.54) is 16.0 Å². The molecule has 5 heteroatoms. The Bertz CT molecular complexity index is 971. The van der Waals surface area contributed by atoms with Crippen molar-refractivity contribution in [2.75, 3.05) is 19.6 Å². The lowest BCUT2D eigenvalue weighted by molar-refractivity contribution is -0.143. The summed E-state index contributed by atoms with van der Waals surface area (Å²) in [5, 5.41) is 5.13. The number of nitrogens with one attached hydrogen (secondary N) is 1. The molecule has 0 bridgehead atoms. The summed E-state index contributed by atoms with van der Waals surface area (Å²) in [5.41, 5.74) is 1.86. The molecular weight excluding hydrogens is 416 g/mol. The zero-order chi connectivity index (χ0) is 22.4. The van der Waals surface area contributed by atoms with Crippen LogP contribution in [0, 0.1) is 11.3 Å². The van der Waals surface area contributed by atoms with Crippen molar-refractivity contribution in [2.24, 2.45) is 11.3 Å². The number of carbonyl (C=O) groups excluding carboxylic acids is 2. The first-order valence-corrected chi connectivity index (χ1v) is 12.4. The number of benzene rings is 1. The van der Waals surface area contributed by atoms with Gasteiger partial charge < -0.3 is 10.2 Å². The van der Waals surface area contributed by atoms with E-state index in [2.05, 4.69) is 65.8 Å². The van der Waals surface area contributed by atoms with E-state index in [4.69, 9.17) is 0 Å². The second-order valence-corrected chi connectivity index (χ2v) is 9.89. The third-order valence-corrected chi connectivity index (χ3v) is 7.73. The summed E-state index contributed by atoms with van der Waals surface area (Å²) in [6.07, 6.45) is 10.8. The molecule has 0 unspecified atom stereocenters. The maximum Gasteiger partial charge on any atom is 0.226 e. The van der Waals surface area contributed by atoms with Gasteiger partial charge in [0.2, 0.25) is 11.8 Å². The van der Waals surface area contributed by atoms with Gasteiger partial charge in [-0.05, 0) is 61.1 Å². The normalized spacial score (nSPS) is 20.0. The molecule has 1 aliphatic heterocycles. The quantitative estimate of drug-likeness (QED) is 0.590. The van der Waals surface area contributed by atoms with E-state index in [1.807, 2.05) is 4.90 Å². The standard InChI is InChI=1S/C27H32N2O2S/c1-2-15-28-26(31)27(20-21-8-6-11-23(19-21)24-12-7-18-32-24)13-16-29(17-14-27)25(30)22-9-4-3-5-10-22/h2-4,6-8,11-12,18-19,22H,1,5,9-10,13-17,20H2,(H,28,31)/t22-/m1/s1. The molecular formula is C27H32N2O2S. The van der Waals surface area contributed by atoms with Crippen LogP contribution in [0.2, 0.25) is 0 Å². The van der Waals surface area contributed by atoms with Crippen LogP contribution in [0.25, 0.3) is 10.4 Å². The van der Waals surface area contributed by atoms with Gasteiger partial charge in [-0.1, -0.05) is 48.6 Å². The molecule has 1 saturated heterocycles. The molecule has 4 rings (SSSR count). The molecule has 1 aliphatic carbocycles. The van der Waals surface area contributed by atoms with Crippen LogP contribution in [0.5, 0.6) is 0 Å². The van der Waals surface area contributed by atoms with Gasteiger partial charge in [0.15, 0.2) is 0 Å². The van der Waals surface area contributed by atoms with Crippen LogP contribution >= 0.6 is 11.3 Å². The van der Waals surface area contributed by atoms with Crippen LogP contribution in [-0.4, -0.2) is 36.3 Å². The molecule has 32 heavy (non-hydrogen) atoms. The molecule has 4 nitrogen and oxygen atoms in total. The van der Waals surface area contributed by atoms with Crippen LogP contribution < -0.4 is 5.32 Å². The van der Waals surface area contributed by atoms with E-state index in [1.54, 1.807) is 17.4 Å². The molecule has 2 amide bonds. The summed E-state index contributed by atoms with van der Waals surface area (Å²) < 4.78 is 0. The lowest BCUT2D eigenvalue weighted by atomic mass is 9.72. The Balaban J connectivity index is 1.50. The maximum atomic E-state index is 13.3. The fourth-order valence-electron chi connectivity index (χ4n) is 4.94.